The van der Waals surface area contributed by atoms with Crippen LogP contribution in [-0.2, 0) is 0 Å². The van der Waals surface area contributed by atoms with Gasteiger partial charge in [0.1, 0.15) is 5.15 Å². The molecule has 94 valence electrons. The van der Waals surface area contributed by atoms with Crippen molar-refractivity contribution in [2.45, 2.75) is 13.8 Å². The smallest absolute Gasteiger partial charge is 0.137 e. The number of aromatic nitrogens is 1. The highest BCUT2D eigenvalue weighted by molar-refractivity contribution is 6.34. The number of aryl methyl sites for hydroxylation is 2. The van der Waals surface area contributed by atoms with Crippen LogP contribution >= 0.6 is 11.6 Å². The van der Waals surface area contributed by atoms with E-state index in [1.165, 1.54) is 16.5 Å². The third-order valence-electron chi connectivity index (χ3n) is 3.41. The molecule has 0 aliphatic carbocycles. The number of hydrogen-bond acceptors (Lipinski definition) is 1. The average Bonchev–Trinajstić information content (AvgIpc) is 2.43. The van der Waals surface area contributed by atoms with Crippen LogP contribution in [0.3, 0.4) is 0 Å². The first-order chi connectivity index (χ1) is 9.16. The maximum Gasteiger partial charge on any atom is 0.137 e. The second-order valence-corrected chi connectivity index (χ2v) is 5.15. The number of fused-ring (bicyclic) bond motifs is 1. The van der Waals surface area contributed by atoms with E-state index < -0.39 is 0 Å². The quantitative estimate of drug-likeness (QED) is 0.554. The molecule has 0 fully saturated rings. The Hall–Kier alpha value is -1.86. The summed E-state index contributed by atoms with van der Waals surface area (Å²) in [6, 6.07) is 16.5. The minimum absolute atomic E-state index is 0.569. The molecule has 0 aliphatic heterocycles. The van der Waals surface area contributed by atoms with Crippen LogP contribution in [0.5, 0.6) is 0 Å². The van der Waals surface area contributed by atoms with Crippen LogP contribution in [0.4, 0.5) is 0 Å². The number of benzene rings is 2. The molecule has 0 saturated carbocycles. The molecule has 0 spiro atoms. The van der Waals surface area contributed by atoms with Gasteiger partial charge in [-0.1, -0.05) is 65.7 Å². The van der Waals surface area contributed by atoms with Gasteiger partial charge in [0.2, 0.25) is 0 Å². The molecule has 0 unspecified atom stereocenters. The van der Waals surface area contributed by atoms with Crippen molar-refractivity contribution in [1.82, 2.24) is 4.98 Å². The lowest BCUT2D eigenvalue weighted by Crippen LogP contribution is -1.92. The van der Waals surface area contributed by atoms with Gasteiger partial charge in [-0.15, -0.1) is 0 Å². The minimum atomic E-state index is 0.569. The standard InChI is InChI=1S/C17H14ClN/c1-11-8-9-14-15(10-11)12(2)16(19-17(14)18)13-6-4-3-5-7-13/h3-10H,1-2H3. The summed E-state index contributed by atoms with van der Waals surface area (Å²) in [5.41, 5.74) is 4.47. The Morgan fingerprint density at radius 2 is 1.63 bits per heavy atom. The Kier molecular flexibility index (Phi) is 3.00. The molecule has 0 saturated heterocycles. The van der Waals surface area contributed by atoms with E-state index in [4.69, 9.17) is 11.6 Å². The molecule has 0 N–H and O–H groups in total. The van der Waals surface area contributed by atoms with E-state index in [0.717, 1.165) is 16.6 Å². The summed E-state index contributed by atoms with van der Waals surface area (Å²) in [6.07, 6.45) is 0. The van der Waals surface area contributed by atoms with Gasteiger partial charge in [0.05, 0.1) is 5.69 Å². The van der Waals surface area contributed by atoms with E-state index in [2.05, 4.69) is 43.1 Å². The highest BCUT2D eigenvalue weighted by Crippen LogP contribution is 2.32. The van der Waals surface area contributed by atoms with Crippen LogP contribution in [0.2, 0.25) is 5.15 Å². The topological polar surface area (TPSA) is 12.9 Å². The molecule has 1 heterocycles. The fraction of sp³-hybridized carbons (Fsp3) is 0.118. The zero-order chi connectivity index (χ0) is 13.4. The third kappa shape index (κ3) is 2.11. The second-order valence-electron chi connectivity index (χ2n) is 4.79. The van der Waals surface area contributed by atoms with Crippen LogP contribution in [0.15, 0.2) is 48.5 Å². The Morgan fingerprint density at radius 3 is 2.37 bits per heavy atom. The van der Waals surface area contributed by atoms with E-state index in [1.54, 1.807) is 0 Å². The molecule has 2 heteroatoms. The van der Waals surface area contributed by atoms with Crippen LogP contribution in [0.25, 0.3) is 22.0 Å². The molecule has 0 atom stereocenters. The Balaban J connectivity index is 2.36. The number of nitrogens with zero attached hydrogens (tertiary/aromatic N) is 1. The molecule has 0 bridgehead atoms. The fourth-order valence-electron chi connectivity index (χ4n) is 2.40. The molecule has 2 aromatic carbocycles. The predicted octanol–water partition coefficient (Wildman–Crippen LogP) is 5.17. The molecule has 3 rings (SSSR count). The predicted molar refractivity (Wildman–Crippen MR) is 81.7 cm³/mol. The van der Waals surface area contributed by atoms with Crippen molar-refractivity contribution in [3.05, 3.63) is 64.8 Å². The summed E-state index contributed by atoms with van der Waals surface area (Å²) >= 11 is 6.33. The maximum absolute atomic E-state index is 6.33. The normalized spacial score (nSPS) is 10.9. The summed E-state index contributed by atoms with van der Waals surface area (Å²) in [5.74, 6) is 0. The van der Waals surface area contributed by atoms with Crippen molar-refractivity contribution in [3.63, 3.8) is 0 Å². The summed E-state index contributed by atoms with van der Waals surface area (Å²) in [4.78, 5) is 4.57. The number of rotatable bonds is 1. The monoisotopic (exact) mass is 267 g/mol. The van der Waals surface area contributed by atoms with Gasteiger partial charge >= 0.3 is 0 Å². The van der Waals surface area contributed by atoms with E-state index in [9.17, 15) is 0 Å². The molecule has 0 radical (unpaired) electrons. The van der Waals surface area contributed by atoms with E-state index in [1.807, 2.05) is 24.3 Å². The van der Waals surface area contributed by atoms with E-state index in [-0.39, 0.29) is 0 Å². The van der Waals surface area contributed by atoms with Crippen molar-refractivity contribution < 1.29 is 0 Å². The second kappa shape index (κ2) is 4.67. The van der Waals surface area contributed by atoms with Crippen molar-refractivity contribution in [1.29, 1.82) is 0 Å². The van der Waals surface area contributed by atoms with Gasteiger partial charge in [0.25, 0.3) is 0 Å². The zero-order valence-corrected chi connectivity index (χ0v) is 11.7. The summed E-state index contributed by atoms with van der Waals surface area (Å²) in [6.45, 7) is 4.20. The van der Waals surface area contributed by atoms with Gasteiger partial charge in [-0.2, -0.15) is 0 Å². The lowest BCUT2D eigenvalue weighted by Gasteiger charge is -2.11. The van der Waals surface area contributed by atoms with Crippen LogP contribution in [-0.4, -0.2) is 4.98 Å². The Labute approximate surface area is 117 Å². The van der Waals surface area contributed by atoms with Gasteiger partial charge < -0.3 is 0 Å². The number of halogens is 1. The summed E-state index contributed by atoms with van der Waals surface area (Å²) in [5, 5.41) is 2.77. The lowest BCUT2D eigenvalue weighted by atomic mass is 10.00. The summed E-state index contributed by atoms with van der Waals surface area (Å²) < 4.78 is 0. The molecule has 19 heavy (non-hydrogen) atoms. The molecular weight excluding hydrogens is 254 g/mol. The first-order valence-corrected chi connectivity index (χ1v) is 6.66. The highest BCUT2D eigenvalue weighted by atomic mass is 35.5. The number of pyridine rings is 1. The summed E-state index contributed by atoms with van der Waals surface area (Å²) in [7, 11) is 0. The van der Waals surface area contributed by atoms with E-state index in [0.29, 0.717) is 5.15 Å². The van der Waals surface area contributed by atoms with Gasteiger partial charge in [-0.05, 0) is 24.8 Å². The largest absolute Gasteiger partial charge is 0.235 e. The fourth-order valence-corrected chi connectivity index (χ4v) is 2.64. The SMILES string of the molecule is Cc1ccc2c(Cl)nc(-c3ccccc3)c(C)c2c1. The third-order valence-corrected chi connectivity index (χ3v) is 3.70. The lowest BCUT2D eigenvalue weighted by molar-refractivity contribution is 1.30. The molecule has 0 aliphatic rings. The van der Waals surface area contributed by atoms with Crippen molar-refractivity contribution >= 4 is 22.4 Å². The van der Waals surface area contributed by atoms with Crippen LogP contribution in [0.1, 0.15) is 11.1 Å². The molecule has 1 nitrogen and oxygen atoms in total. The number of hydrogen-bond donors (Lipinski definition) is 0. The van der Waals surface area contributed by atoms with Gasteiger partial charge in [0, 0.05) is 10.9 Å². The maximum atomic E-state index is 6.33. The molecular formula is C17H14ClN. The first-order valence-electron chi connectivity index (χ1n) is 6.28. The van der Waals surface area contributed by atoms with Crippen molar-refractivity contribution in [2.75, 3.05) is 0 Å². The van der Waals surface area contributed by atoms with Gasteiger partial charge in [0.15, 0.2) is 0 Å². The average molecular weight is 268 g/mol. The van der Waals surface area contributed by atoms with Crippen molar-refractivity contribution in [2.24, 2.45) is 0 Å². The van der Waals surface area contributed by atoms with Gasteiger partial charge in [-0.25, -0.2) is 4.98 Å². The molecule has 0 amide bonds. The minimum Gasteiger partial charge on any atom is -0.235 e. The van der Waals surface area contributed by atoms with Crippen molar-refractivity contribution in [3.8, 4) is 11.3 Å². The molecule has 3 aromatic rings. The Bertz CT molecular complexity index is 748. The molecule has 1 aromatic heterocycles. The van der Waals surface area contributed by atoms with Crippen LogP contribution in [0, 0.1) is 13.8 Å². The zero-order valence-electron chi connectivity index (χ0n) is 10.9. The van der Waals surface area contributed by atoms with Gasteiger partial charge in [-0.3, -0.25) is 0 Å². The first kappa shape index (κ1) is 12.2. The Morgan fingerprint density at radius 1 is 0.895 bits per heavy atom. The van der Waals surface area contributed by atoms with Crippen LogP contribution < -0.4 is 0 Å². The highest BCUT2D eigenvalue weighted by Gasteiger charge is 2.11. The van der Waals surface area contributed by atoms with E-state index >= 15 is 0 Å².